The van der Waals surface area contributed by atoms with Gasteiger partial charge in [0, 0.05) is 5.02 Å². The van der Waals surface area contributed by atoms with Crippen molar-refractivity contribution < 1.29 is 4.79 Å². The Labute approximate surface area is 148 Å². The molecule has 23 heavy (non-hydrogen) atoms. The van der Waals surface area contributed by atoms with Crippen LogP contribution in [0.1, 0.15) is 10.4 Å². The summed E-state index contributed by atoms with van der Waals surface area (Å²) in [5.74, 6) is -0.314. The monoisotopic (exact) mass is 379 g/mol. The van der Waals surface area contributed by atoms with Crippen LogP contribution in [-0.4, -0.2) is 15.9 Å². The first-order valence-corrected chi connectivity index (χ1v) is 8.96. The number of nitrogens with one attached hydrogen (secondary N) is 1. The van der Waals surface area contributed by atoms with Gasteiger partial charge in [-0.3, -0.25) is 10.1 Å². The molecule has 4 nitrogen and oxygen atoms in total. The molecule has 2 heterocycles. The number of rotatable bonds is 2. The molecule has 4 rings (SSSR count). The minimum Gasteiger partial charge on any atom is -0.298 e. The van der Waals surface area contributed by atoms with Crippen LogP contribution >= 0.6 is 45.9 Å². The van der Waals surface area contributed by atoms with Crippen molar-refractivity contribution >= 4 is 77.3 Å². The summed E-state index contributed by atoms with van der Waals surface area (Å²) in [6.45, 7) is 0. The van der Waals surface area contributed by atoms with Gasteiger partial charge in [0.2, 0.25) is 0 Å². The van der Waals surface area contributed by atoms with Crippen LogP contribution in [0.15, 0.2) is 35.8 Å². The molecule has 1 amide bonds. The second-order valence-corrected chi connectivity index (χ2v) is 7.41. The molecule has 0 radical (unpaired) electrons. The first-order valence-electron chi connectivity index (χ1n) is 6.51. The number of amides is 1. The third kappa shape index (κ3) is 2.68. The molecule has 0 aliphatic rings. The van der Waals surface area contributed by atoms with E-state index in [1.807, 2.05) is 12.1 Å². The number of hydrogen-bond acceptors (Lipinski definition) is 5. The molecule has 1 N–H and O–H groups in total. The lowest BCUT2D eigenvalue weighted by Gasteiger charge is -2.04. The van der Waals surface area contributed by atoms with Gasteiger partial charge >= 0.3 is 0 Å². The number of carbonyl (C=O) groups is 1. The molecule has 0 aliphatic carbocycles. The Hall–Kier alpha value is -1.73. The molecule has 2 aromatic heterocycles. The number of fused-ring (bicyclic) bond motifs is 3. The molecular formula is C15H7Cl2N3OS2. The van der Waals surface area contributed by atoms with Crippen LogP contribution in [0.25, 0.3) is 20.4 Å². The van der Waals surface area contributed by atoms with Gasteiger partial charge in [-0.1, -0.05) is 34.5 Å². The van der Waals surface area contributed by atoms with Gasteiger partial charge in [0.1, 0.15) is 0 Å². The average molecular weight is 380 g/mol. The number of nitrogens with zero attached hydrogens (tertiary/aromatic N) is 2. The van der Waals surface area contributed by atoms with Gasteiger partial charge in [-0.05, 0) is 30.3 Å². The summed E-state index contributed by atoms with van der Waals surface area (Å²) in [4.78, 5) is 21.1. The summed E-state index contributed by atoms with van der Waals surface area (Å²) >= 11 is 14.9. The van der Waals surface area contributed by atoms with E-state index < -0.39 is 0 Å². The van der Waals surface area contributed by atoms with Crippen LogP contribution in [0.4, 0.5) is 5.13 Å². The Morgan fingerprint density at radius 1 is 1.09 bits per heavy atom. The molecular weight excluding hydrogens is 373 g/mol. The zero-order chi connectivity index (χ0) is 16.0. The Kier molecular flexibility index (Phi) is 3.69. The number of halogens is 2. The number of aromatic nitrogens is 2. The zero-order valence-corrected chi connectivity index (χ0v) is 14.5. The normalized spacial score (nSPS) is 11.2. The second-order valence-electron chi connectivity index (χ2n) is 4.71. The fourth-order valence-corrected chi connectivity index (χ4v) is 4.59. The Bertz CT molecular complexity index is 1060. The van der Waals surface area contributed by atoms with E-state index in [1.165, 1.54) is 17.4 Å². The van der Waals surface area contributed by atoms with Crippen molar-refractivity contribution in [2.45, 2.75) is 0 Å². The van der Waals surface area contributed by atoms with E-state index >= 15 is 0 Å². The number of thiazole rings is 2. The highest BCUT2D eigenvalue weighted by atomic mass is 35.5. The van der Waals surface area contributed by atoms with Crippen molar-refractivity contribution in [2.75, 3.05) is 5.32 Å². The van der Waals surface area contributed by atoms with E-state index in [0.29, 0.717) is 20.7 Å². The lowest BCUT2D eigenvalue weighted by Crippen LogP contribution is -2.12. The number of carbonyl (C=O) groups excluding carboxylic acids is 1. The van der Waals surface area contributed by atoms with Crippen LogP contribution < -0.4 is 5.32 Å². The summed E-state index contributed by atoms with van der Waals surface area (Å²) in [6.07, 6.45) is 0. The zero-order valence-electron chi connectivity index (χ0n) is 11.3. The molecule has 114 valence electrons. The molecule has 4 aromatic rings. The van der Waals surface area contributed by atoms with Crippen LogP contribution in [0, 0.1) is 0 Å². The quantitative estimate of drug-likeness (QED) is 0.502. The van der Waals surface area contributed by atoms with Crippen molar-refractivity contribution in [3.05, 3.63) is 51.5 Å². The van der Waals surface area contributed by atoms with Gasteiger partial charge in [0.25, 0.3) is 5.91 Å². The molecule has 0 fully saturated rings. The molecule has 2 aromatic carbocycles. The highest BCUT2D eigenvalue weighted by Gasteiger charge is 2.15. The van der Waals surface area contributed by atoms with E-state index in [0.717, 1.165) is 20.4 Å². The molecule has 0 saturated heterocycles. The minimum absolute atomic E-state index is 0.306. The predicted molar refractivity (Wildman–Crippen MR) is 97.2 cm³/mol. The average Bonchev–Trinajstić information content (AvgIpc) is 3.11. The van der Waals surface area contributed by atoms with Gasteiger partial charge in [-0.15, -0.1) is 11.3 Å². The summed E-state index contributed by atoms with van der Waals surface area (Å²) in [5, 5.41) is 4.11. The molecule has 0 spiro atoms. The van der Waals surface area contributed by atoms with Crippen molar-refractivity contribution in [3.8, 4) is 0 Å². The molecule has 0 unspecified atom stereocenters. The minimum atomic E-state index is -0.314. The van der Waals surface area contributed by atoms with E-state index in [1.54, 1.807) is 29.0 Å². The van der Waals surface area contributed by atoms with Crippen molar-refractivity contribution in [1.82, 2.24) is 9.97 Å². The third-order valence-electron chi connectivity index (χ3n) is 3.25. The van der Waals surface area contributed by atoms with Gasteiger partial charge in [-0.2, -0.15) is 0 Å². The van der Waals surface area contributed by atoms with Crippen LogP contribution in [0.3, 0.4) is 0 Å². The fraction of sp³-hybridized carbons (Fsp3) is 0. The van der Waals surface area contributed by atoms with E-state index in [9.17, 15) is 4.79 Å². The van der Waals surface area contributed by atoms with Gasteiger partial charge in [0.15, 0.2) is 5.13 Å². The summed E-state index contributed by atoms with van der Waals surface area (Å²) in [6, 6.07) is 8.59. The molecule has 0 atom stereocenters. The van der Waals surface area contributed by atoms with E-state index in [4.69, 9.17) is 23.2 Å². The lowest BCUT2D eigenvalue weighted by atomic mass is 10.2. The second kappa shape index (κ2) is 5.72. The van der Waals surface area contributed by atoms with Gasteiger partial charge < -0.3 is 0 Å². The third-order valence-corrected chi connectivity index (χ3v) is 5.79. The molecule has 8 heteroatoms. The maximum Gasteiger partial charge on any atom is 0.258 e. The van der Waals surface area contributed by atoms with Crippen molar-refractivity contribution in [2.24, 2.45) is 0 Å². The summed E-state index contributed by atoms with van der Waals surface area (Å²) in [5.41, 5.74) is 3.93. The first kappa shape index (κ1) is 14.8. The largest absolute Gasteiger partial charge is 0.298 e. The smallest absolute Gasteiger partial charge is 0.258 e. The number of benzene rings is 2. The molecule has 0 aliphatic heterocycles. The van der Waals surface area contributed by atoms with Gasteiger partial charge in [-0.25, -0.2) is 9.97 Å². The molecule has 0 saturated carbocycles. The van der Waals surface area contributed by atoms with Crippen molar-refractivity contribution in [1.29, 1.82) is 0 Å². The standard InChI is InChI=1S/C15H7Cl2N3OS2/c16-7-1-2-8(9(17)5-7)14(21)20-15-19-11-4-3-10-12(13(11)23-15)22-6-18-10/h1-6H,(H,19,20,21). The van der Waals surface area contributed by atoms with E-state index in [-0.39, 0.29) is 5.91 Å². The maximum atomic E-state index is 12.4. The summed E-state index contributed by atoms with van der Waals surface area (Å²) < 4.78 is 2.09. The fourth-order valence-electron chi connectivity index (χ4n) is 2.20. The Morgan fingerprint density at radius 2 is 1.91 bits per heavy atom. The van der Waals surface area contributed by atoms with Crippen LogP contribution in [0.5, 0.6) is 0 Å². The number of anilines is 1. The topological polar surface area (TPSA) is 54.9 Å². The van der Waals surface area contributed by atoms with Crippen LogP contribution in [-0.2, 0) is 0 Å². The van der Waals surface area contributed by atoms with E-state index in [2.05, 4.69) is 15.3 Å². The molecule has 0 bridgehead atoms. The Morgan fingerprint density at radius 3 is 2.74 bits per heavy atom. The van der Waals surface area contributed by atoms with Crippen LogP contribution in [0.2, 0.25) is 10.0 Å². The maximum absolute atomic E-state index is 12.4. The van der Waals surface area contributed by atoms with Gasteiger partial charge in [0.05, 0.1) is 36.5 Å². The first-order chi connectivity index (χ1) is 11.1. The highest BCUT2D eigenvalue weighted by molar-refractivity contribution is 7.28. The number of hydrogen-bond donors (Lipinski definition) is 1. The summed E-state index contributed by atoms with van der Waals surface area (Å²) in [7, 11) is 0. The highest BCUT2D eigenvalue weighted by Crippen LogP contribution is 2.34. The SMILES string of the molecule is O=C(Nc1nc2ccc3ncsc3c2s1)c1ccc(Cl)cc1Cl. The predicted octanol–water partition coefficient (Wildman–Crippen LogP) is 5.47. The Balaban J connectivity index is 1.70. The van der Waals surface area contributed by atoms with Crippen molar-refractivity contribution in [3.63, 3.8) is 0 Å². The lowest BCUT2D eigenvalue weighted by molar-refractivity contribution is 0.102.